The van der Waals surface area contributed by atoms with Crippen LogP contribution in [-0.4, -0.2) is 0 Å². The Hall–Kier alpha value is 1.24. The topological polar surface area (TPSA) is 18.5 Å². The van der Waals surface area contributed by atoms with Gasteiger partial charge >= 0.3 is 0 Å². The Morgan fingerprint density at radius 3 is 1.67 bits per heavy atom. The molecule has 0 aliphatic rings. The molecule has 1 aromatic carbocycles. The summed E-state index contributed by atoms with van der Waals surface area (Å²) in [6.07, 6.45) is 0. The molecule has 1 rings (SSSR count). The van der Waals surface area contributed by atoms with Crippen LogP contribution in [0, 0.1) is 0 Å². The highest BCUT2D eigenvalue weighted by Gasteiger charge is 2.07. The Bertz CT molecular complexity index is 268. The zero-order valence-electron chi connectivity index (χ0n) is 5.48. The van der Waals surface area contributed by atoms with Gasteiger partial charge in [-0.25, -0.2) is 0 Å². The molecule has 0 aliphatic heterocycles. The lowest BCUT2D eigenvalue weighted by atomic mass is 10.3. The van der Waals surface area contributed by atoms with Crippen molar-refractivity contribution in [2.24, 2.45) is 0 Å². The number of hydrogen-bond donors (Lipinski definition) is 0. The van der Waals surface area contributed by atoms with Crippen LogP contribution in [0.5, 0.6) is 11.5 Å². The maximum Gasteiger partial charge on any atom is 0.192 e. The minimum absolute atomic E-state index is 0.741. The fourth-order valence-electron chi connectivity index (χ4n) is 0.629. The summed E-state index contributed by atoms with van der Waals surface area (Å²) in [5.41, 5.74) is 0. The van der Waals surface area contributed by atoms with Gasteiger partial charge < -0.3 is 6.13 Å². The molecule has 6 heteroatoms. The molecular weight excluding hydrogens is 518 g/mol. The summed E-state index contributed by atoms with van der Waals surface area (Å²) >= 11 is 10.3. The smallest absolute Gasteiger partial charge is 0.192 e. The predicted octanol–water partition coefficient (Wildman–Crippen LogP) is 4.67. The fourth-order valence-corrected chi connectivity index (χ4v) is 3.12. The summed E-state index contributed by atoms with van der Waals surface area (Å²) in [5, 5.41) is 0. The van der Waals surface area contributed by atoms with Gasteiger partial charge in [0.2, 0.25) is 0 Å². The van der Waals surface area contributed by atoms with Crippen LogP contribution in [0.3, 0.4) is 0 Å². The first-order chi connectivity index (χ1) is 5.69. The van der Waals surface area contributed by atoms with Gasteiger partial charge in [-0.15, -0.1) is 0 Å². The van der Waals surface area contributed by atoms with E-state index in [4.69, 9.17) is 6.13 Å². The van der Waals surface area contributed by atoms with Crippen molar-refractivity contribution >= 4 is 77.9 Å². The number of halogens is 4. The molecule has 0 amide bonds. The maximum atomic E-state index is 5.06. The summed E-state index contributed by atoms with van der Waals surface area (Å²) in [5.74, 6) is 1.48. The van der Waals surface area contributed by atoms with Crippen LogP contribution in [-0.2, 0) is 0 Å². The second-order valence-corrected chi connectivity index (χ2v) is 4.46. The minimum Gasteiger partial charge on any atom is -0.426 e. The molecule has 0 saturated carbocycles. The molecule has 0 radical (unpaired) electrons. The molecule has 0 saturated heterocycles. The van der Waals surface area contributed by atoms with Crippen LogP contribution in [0.15, 0.2) is 21.1 Å². The molecule has 0 unspecified atom stereocenters. The Balaban J connectivity index is 3.18. The zero-order valence-corrected chi connectivity index (χ0v) is 13.0. The molecule has 2 nitrogen and oxygen atoms in total. The minimum atomic E-state index is 0.741. The normalized spacial score (nSPS) is 9.67. The van der Waals surface area contributed by atoms with E-state index in [9.17, 15) is 0 Å². The second-order valence-electron chi connectivity index (χ2n) is 1.87. The van der Waals surface area contributed by atoms with Crippen molar-refractivity contribution in [3.63, 3.8) is 0 Å². The van der Waals surface area contributed by atoms with Crippen molar-refractivity contribution in [2.75, 3.05) is 0 Å². The average molecular weight is 520 g/mol. The van der Waals surface area contributed by atoms with Crippen molar-refractivity contribution in [2.45, 2.75) is 0 Å². The summed E-state index contributed by atoms with van der Waals surface area (Å²) < 4.78 is 11.9. The van der Waals surface area contributed by atoms with Crippen molar-refractivity contribution in [3.8, 4) is 11.5 Å². The summed E-state index contributed by atoms with van der Waals surface area (Å²) in [6.45, 7) is 0. The SMILES string of the molecule is Brc1cc(Br)c(OI)cc1OI. The van der Waals surface area contributed by atoms with E-state index >= 15 is 0 Å². The van der Waals surface area contributed by atoms with Crippen molar-refractivity contribution in [3.05, 3.63) is 21.1 Å². The van der Waals surface area contributed by atoms with Crippen LogP contribution in [0.2, 0.25) is 0 Å². The standard InChI is InChI=1S/C6H2Br2I2O2/c7-3-1-4(8)6(12-10)2-5(3)11-9/h1-2H. The third-order valence-electron chi connectivity index (χ3n) is 1.15. The molecule has 0 N–H and O–H groups in total. The van der Waals surface area contributed by atoms with Crippen LogP contribution in [0.4, 0.5) is 0 Å². The number of benzene rings is 1. The molecule has 0 atom stereocenters. The van der Waals surface area contributed by atoms with Gasteiger partial charge in [-0.3, -0.25) is 0 Å². The second kappa shape index (κ2) is 5.20. The molecule has 1 aromatic rings. The Morgan fingerprint density at radius 2 is 1.33 bits per heavy atom. The number of hydrogen-bond acceptors (Lipinski definition) is 2. The van der Waals surface area contributed by atoms with E-state index in [0.29, 0.717) is 0 Å². The van der Waals surface area contributed by atoms with Crippen LogP contribution in [0.1, 0.15) is 0 Å². The molecule has 0 aliphatic carbocycles. The lowest BCUT2D eigenvalue weighted by molar-refractivity contribution is 0.678. The van der Waals surface area contributed by atoms with E-state index in [1.54, 1.807) is 6.07 Å². The lowest BCUT2D eigenvalue weighted by Crippen LogP contribution is -1.81. The van der Waals surface area contributed by atoms with Gasteiger partial charge in [0.1, 0.15) is 0 Å². The monoisotopic (exact) mass is 518 g/mol. The maximum absolute atomic E-state index is 5.06. The molecule has 0 fully saturated rings. The molecule has 12 heavy (non-hydrogen) atoms. The molecule has 0 bridgehead atoms. The highest BCUT2D eigenvalue weighted by molar-refractivity contribution is 14.1. The Morgan fingerprint density at radius 1 is 0.917 bits per heavy atom. The molecular formula is C6H2Br2I2O2. The first kappa shape index (κ1) is 11.3. The summed E-state index contributed by atoms with van der Waals surface area (Å²) in [4.78, 5) is 0. The largest absolute Gasteiger partial charge is 0.426 e. The van der Waals surface area contributed by atoms with Gasteiger partial charge in [0.05, 0.1) is 8.95 Å². The molecule has 66 valence electrons. The van der Waals surface area contributed by atoms with E-state index in [2.05, 4.69) is 31.9 Å². The van der Waals surface area contributed by atoms with E-state index < -0.39 is 0 Å². The molecule has 0 heterocycles. The van der Waals surface area contributed by atoms with E-state index in [1.165, 1.54) is 0 Å². The summed E-state index contributed by atoms with van der Waals surface area (Å²) in [7, 11) is 0. The first-order valence-electron chi connectivity index (χ1n) is 2.75. The van der Waals surface area contributed by atoms with Crippen LogP contribution >= 0.6 is 77.9 Å². The molecule has 0 spiro atoms. The quantitative estimate of drug-likeness (QED) is 0.529. The third kappa shape index (κ3) is 2.61. The van der Waals surface area contributed by atoms with Gasteiger partial charge in [0.25, 0.3) is 0 Å². The Labute approximate surface area is 115 Å². The predicted molar refractivity (Wildman–Crippen MR) is 71.1 cm³/mol. The first-order valence-corrected chi connectivity index (χ1v) is 6.10. The fraction of sp³-hybridized carbons (Fsp3) is 0. The highest BCUT2D eigenvalue weighted by Crippen LogP contribution is 2.37. The van der Waals surface area contributed by atoms with Gasteiger partial charge in [0.15, 0.2) is 57.5 Å². The summed E-state index contributed by atoms with van der Waals surface area (Å²) in [6, 6.07) is 3.68. The lowest BCUT2D eigenvalue weighted by Gasteiger charge is -2.05. The highest BCUT2D eigenvalue weighted by atomic mass is 127. The zero-order chi connectivity index (χ0) is 9.14. The van der Waals surface area contributed by atoms with Crippen molar-refractivity contribution in [1.29, 1.82) is 0 Å². The van der Waals surface area contributed by atoms with Crippen molar-refractivity contribution in [1.82, 2.24) is 0 Å². The van der Waals surface area contributed by atoms with E-state index in [-0.39, 0.29) is 0 Å². The third-order valence-corrected chi connectivity index (χ3v) is 3.34. The van der Waals surface area contributed by atoms with Crippen LogP contribution in [0.25, 0.3) is 0 Å². The van der Waals surface area contributed by atoms with E-state index in [1.807, 2.05) is 52.1 Å². The van der Waals surface area contributed by atoms with Gasteiger partial charge in [0, 0.05) is 6.07 Å². The van der Waals surface area contributed by atoms with Gasteiger partial charge in [-0.2, -0.15) is 0 Å². The molecule has 0 aromatic heterocycles. The average Bonchev–Trinajstić information content (AvgIpc) is 2.05. The Kier molecular flexibility index (Phi) is 4.91. The number of rotatable bonds is 2. The van der Waals surface area contributed by atoms with Crippen molar-refractivity contribution < 1.29 is 6.13 Å². The van der Waals surface area contributed by atoms with Gasteiger partial charge in [-0.05, 0) is 37.9 Å². The van der Waals surface area contributed by atoms with E-state index in [0.717, 1.165) is 20.4 Å². The van der Waals surface area contributed by atoms with Gasteiger partial charge in [-0.1, -0.05) is 0 Å². The van der Waals surface area contributed by atoms with Crippen LogP contribution < -0.4 is 6.13 Å².